The molecule has 2 aliphatic heterocycles. The molecule has 1 aromatic rings. The molecule has 3 aliphatic rings. The third kappa shape index (κ3) is 1.78. The van der Waals surface area contributed by atoms with E-state index in [1.54, 1.807) is 14.2 Å². The molecule has 4 rings (SSSR count). The Labute approximate surface area is 143 Å². The third-order valence-electron chi connectivity index (χ3n) is 6.09. The minimum atomic E-state index is -0.153. The van der Waals surface area contributed by atoms with Gasteiger partial charge in [0.25, 0.3) is 0 Å². The lowest BCUT2D eigenvalue weighted by molar-refractivity contribution is 0.0807. The van der Waals surface area contributed by atoms with Crippen molar-refractivity contribution in [3.05, 3.63) is 46.7 Å². The first kappa shape index (κ1) is 15.6. The predicted molar refractivity (Wildman–Crippen MR) is 93.7 cm³/mol. The van der Waals surface area contributed by atoms with E-state index in [9.17, 15) is 0 Å². The van der Waals surface area contributed by atoms with E-state index >= 15 is 0 Å². The van der Waals surface area contributed by atoms with Gasteiger partial charge in [-0.25, -0.2) is 0 Å². The van der Waals surface area contributed by atoms with Crippen molar-refractivity contribution < 1.29 is 14.2 Å². The van der Waals surface area contributed by atoms with Crippen molar-refractivity contribution in [1.29, 1.82) is 0 Å². The summed E-state index contributed by atoms with van der Waals surface area (Å²) in [6, 6.07) is 4.51. The number of allylic oxidation sites excluding steroid dienone is 2. The molecule has 1 aromatic carbocycles. The van der Waals surface area contributed by atoms with Crippen molar-refractivity contribution in [3.8, 4) is 11.5 Å². The van der Waals surface area contributed by atoms with Crippen molar-refractivity contribution in [2.24, 2.45) is 0 Å². The summed E-state index contributed by atoms with van der Waals surface area (Å²) in [5.41, 5.74) is 3.80. The van der Waals surface area contributed by atoms with Crippen molar-refractivity contribution in [2.45, 2.75) is 37.8 Å². The van der Waals surface area contributed by atoms with Gasteiger partial charge in [0.05, 0.1) is 19.6 Å². The van der Waals surface area contributed by atoms with Gasteiger partial charge in [0, 0.05) is 11.6 Å². The van der Waals surface area contributed by atoms with Gasteiger partial charge in [0.15, 0.2) is 17.6 Å². The summed E-state index contributed by atoms with van der Waals surface area (Å²) in [6.45, 7) is 5.48. The van der Waals surface area contributed by atoms with Crippen LogP contribution in [0.2, 0.25) is 0 Å². The molecule has 4 nitrogen and oxygen atoms in total. The van der Waals surface area contributed by atoms with E-state index in [0.717, 1.165) is 30.2 Å². The number of ether oxygens (including phenoxy) is 3. The lowest BCUT2D eigenvalue weighted by Crippen LogP contribution is -2.54. The Morgan fingerprint density at radius 2 is 2.00 bits per heavy atom. The normalized spacial score (nSPS) is 31.2. The SMILES string of the molecule is COC1=CC=C2C(C)N(C)CC[C@@]23c2c(C)ccc(OC)c2O[C@@H]13. The summed E-state index contributed by atoms with van der Waals surface area (Å²) in [5, 5.41) is 0. The standard InChI is InChI=1S/C20H25NO3/c1-12-6-8-15(22-4)18-17(12)20-10-11-21(3)13(2)14(20)7-9-16(23-5)19(20)24-18/h6-9,13,19H,10-11H2,1-5H3/t13?,19-,20-/m0/s1. The van der Waals surface area contributed by atoms with Crippen LogP contribution in [-0.4, -0.2) is 44.9 Å². The summed E-state index contributed by atoms with van der Waals surface area (Å²) < 4.78 is 17.8. The smallest absolute Gasteiger partial charge is 0.169 e. The fourth-order valence-corrected chi connectivity index (χ4v) is 4.72. The zero-order chi connectivity index (χ0) is 17.1. The zero-order valence-corrected chi connectivity index (χ0v) is 15.1. The highest BCUT2D eigenvalue weighted by molar-refractivity contribution is 5.64. The number of likely N-dealkylation sites (N-methyl/N-ethyl adjacent to an activating group) is 1. The minimum absolute atomic E-state index is 0.108. The van der Waals surface area contributed by atoms with Crippen LogP contribution in [0.5, 0.6) is 11.5 Å². The van der Waals surface area contributed by atoms with Gasteiger partial charge in [0.1, 0.15) is 5.76 Å². The Bertz CT molecular complexity index is 751. The molecule has 2 heterocycles. The molecular formula is C20H25NO3. The van der Waals surface area contributed by atoms with E-state index in [-0.39, 0.29) is 11.5 Å². The van der Waals surface area contributed by atoms with Crippen molar-refractivity contribution in [2.75, 3.05) is 27.8 Å². The number of hydrogen-bond donors (Lipinski definition) is 0. The average molecular weight is 327 g/mol. The van der Waals surface area contributed by atoms with Crippen LogP contribution in [0.1, 0.15) is 24.5 Å². The second-order valence-electron chi connectivity index (χ2n) is 7.06. The fourth-order valence-electron chi connectivity index (χ4n) is 4.72. The lowest BCUT2D eigenvalue weighted by Gasteiger charge is -2.48. The Morgan fingerprint density at radius 1 is 1.21 bits per heavy atom. The van der Waals surface area contributed by atoms with E-state index in [0.29, 0.717) is 6.04 Å². The largest absolute Gasteiger partial charge is 0.497 e. The van der Waals surface area contributed by atoms with E-state index in [1.165, 1.54) is 16.7 Å². The molecule has 1 fully saturated rings. The summed E-state index contributed by atoms with van der Waals surface area (Å²) in [6.07, 6.45) is 5.23. The molecule has 4 heteroatoms. The van der Waals surface area contributed by atoms with Crippen LogP contribution in [0.25, 0.3) is 0 Å². The number of piperidine rings is 1. The molecule has 3 atom stereocenters. The van der Waals surface area contributed by atoms with Crippen LogP contribution >= 0.6 is 0 Å². The predicted octanol–water partition coefficient (Wildman–Crippen LogP) is 3.20. The summed E-state index contributed by atoms with van der Waals surface area (Å²) >= 11 is 0. The van der Waals surface area contributed by atoms with E-state index in [4.69, 9.17) is 14.2 Å². The second kappa shape index (κ2) is 5.28. The highest BCUT2D eigenvalue weighted by Gasteiger charge is 2.58. The molecular weight excluding hydrogens is 302 g/mol. The highest BCUT2D eigenvalue weighted by Crippen LogP contribution is 2.59. The summed E-state index contributed by atoms with van der Waals surface area (Å²) in [5.74, 6) is 2.59. The third-order valence-corrected chi connectivity index (χ3v) is 6.09. The number of methoxy groups -OCH3 is 2. The molecule has 1 unspecified atom stereocenters. The molecule has 128 valence electrons. The summed E-state index contributed by atoms with van der Waals surface area (Å²) in [4.78, 5) is 2.41. The molecule has 24 heavy (non-hydrogen) atoms. The molecule has 0 bridgehead atoms. The van der Waals surface area contributed by atoms with Gasteiger partial charge in [-0.15, -0.1) is 0 Å². The van der Waals surface area contributed by atoms with Crippen LogP contribution in [-0.2, 0) is 10.2 Å². The quantitative estimate of drug-likeness (QED) is 0.835. The van der Waals surface area contributed by atoms with Gasteiger partial charge in [-0.3, -0.25) is 4.90 Å². The van der Waals surface area contributed by atoms with Crippen LogP contribution in [0, 0.1) is 6.92 Å². The minimum Gasteiger partial charge on any atom is -0.497 e. The molecule has 1 spiro atoms. The monoisotopic (exact) mass is 327 g/mol. The summed E-state index contributed by atoms with van der Waals surface area (Å²) in [7, 11) is 5.63. The molecule has 1 saturated heterocycles. The van der Waals surface area contributed by atoms with Crippen LogP contribution in [0.4, 0.5) is 0 Å². The Balaban J connectivity index is 2.00. The number of likely N-dealkylation sites (tertiary alicyclic amines) is 1. The molecule has 0 aromatic heterocycles. The molecule has 0 saturated carbocycles. The molecule has 0 N–H and O–H groups in total. The zero-order valence-electron chi connectivity index (χ0n) is 15.1. The number of fused-ring (bicyclic) bond motifs is 1. The van der Waals surface area contributed by atoms with Crippen molar-refractivity contribution >= 4 is 0 Å². The maximum Gasteiger partial charge on any atom is 0.169 e. The molecule has 1 aliphatic carbocycles. The molecule has 0 amide bonds. The first-order valence-electron chi connectivity index (χ1n) is 8.55. The average Bonchev–Trinajstić information content (AvgIpc) is 2.94. The van der Waals surface area contributed by atoms with Gasteiger partial charge in [-0.05, 0) is 57.1 Å². The first-order chi connectivity index (χ1) is 11.5. The van der Waals surface area contributed by atoms with E-state index in [2.05, 4.69) is 44.0 Å². The van der Waals surface area contributed by atoms with Crippen LogP contribution in [0.15, 0.2) is 35.6 Å². The Morgan fingerprint density at radius 3 is 2.71 bits per heavy atom. The number of rotatable bonds is 2. The Hall–Kier alpha value is -1.94. The van der Waals surface area contributed by atoms with E-state index in [1.807, 2.05) is 6.07 Å². The van der Waals surface area contributed by atoms with Gasteiger partial charge < -0.3 is 14.2 Å². The van der Waals surface area contributed by atoms with Gasteiger partial charge in [0.2, 0.25) is 0 Å². The first-order valence-corrected chi connectivity index (χ1v) is 8.55. The van der Waals surface area contributed by atoms with Gasteiger partial charge >= 0.3 is 0 Å². The number of aryl methyl sites for hydroxylation is 1. The Kier molecular flexibility index (Phi) is 3.43. The lowest BCUT2D eigenvalue weighted by atomic mass is 9.61. The maximum atomic E-state index is 6.48. The van der Waals surface area contributed by atoms with Gasteiger partial charge in [-0.1, -0.05) is 12.1 Å². The highest BCUT2D eigenvalue weighted by atomic mass is 16.6. The number of nitrogens with zero attached hydrogens (tertiary/aromatic N) is 1. The topological polar surface area (TPSA) is 30.9 Å². The van der Waals surface area contributed by atoms with Gasteiger partial charge in [-0.2, -0.15) is 0 Å². The molecule has 0 radical (unpaired) electrons. The van der Waals surface area contributed by atoms with Crippen molar-refractivity contribution in [1.82, 2.24) is 4.90 Å². The van der Waals surface area contributed by atoms with Crippen molar-refractivity contribution in [3.63, 3.8) is 0 Å². The fraction of sp³-hybridized carbons (Fsp3) is 0.500. The van der Waals surface area contributed by atoms with E-state index < -0.39 is 0 Å². The number of benzene rings is 1. The van der Waals surface area contributed by atoms with Crippen LogP contribution < -0.4 is 9.47 Å². The second-order valence-corrected chi connectivity index (χ2v) is 7.06. The maximum absolute atomic E-state index is 6.48. The number of hydrogen-bond acceptors (Lipinski definition) is 4. The van der Waals surface area contributed by atoms with Crippen LogP contribution in [0.3, 0.4) is 0 Å².